The average molecular weight is 363 g/mol. The van der Waals surface area contributed by atoms with Crippen LogP contribution in [0.2, 0.25) is 0 Å². The number of epoxide rings is 1. The smallest absolute Gasteiger partial charge is 0.247 e. The monoisotopic (exact) mass is 363 g/mol. The molecule has 1 fully saturated rings. The number of rotatable bonds is 8. The van der Waals surface area contributed by atoms with Crippen molar-refractivity contribution in [1.29, 1.82) is 0 Å². The summed E-state index contributed by atoms with van der Waals surface area (Å²) >= 11 is 0. The fraction of sp³-hybridized carbons (Fsp3) is 0.600. The van der Waals surface area contributed by atoms with Gasteiger partial charge in [-0.25, -0.2) is 0 Å². The molecule has 1 aliphatic heterocycles. The van der Waals surface area contributed by atoms with Gasteiger partial charge in [0.25, 0.3) is 0 Å². The highest BCUT2D eigenvalue weighted by Crippen LogP contribution is 2.43. The summed E-state index contributed by atoms with van der Waals surface area (Å²) in [6.07, 6.45) is 6.77. The summed E-state index contributed by atoms with van der Waals surface area (Å²) in [6, 6.07) is 0. The molecule has 1 saturated heterocycles. The molecule has 2 rings (SSSR count). The molecule has 1 aliphatic carbocycles. The molecule has 0 spiro atoms. The molecule has 0 saturated carbocycles. The van der Waals surface area contributed by atoms with Gasteiger partial charge in [0.1, 0.15) is 0 Å². The fourth-order valence-corrected chi connectivity index (χ4v) is 3.48. The molecule has 0 unspecified atom stereocenters. The van der Waals surface area contributed by atoms with Gasteiger partial charge in [-0.3, -0.25) is 9.59 Å². The van der Waals surface area contributed by atoms with Crippen LogP contribution in [0.25, 0.3) is 0 Å². The second-order valence-corrected chi connectivity index (χ2v) is 7.30. The lowest BCUT2D eigenvalue weighted by Gasteiger charge is -2.33. The minimum Gasteiger partial charge on any atom is -0.355 e. The predicted octanol–water partition coefficient (Wildman–Crippen LogP) is 2.51. The molecule has 144 valence electrons. The van der Waals surface area contributed by atoms with Gasteiger partial charge in [-0.05, 0) is 38.2 Å². The molecule has 0 aromatic carbocycles. The van der Waals surface area contributed by atoms with E-state index in [-0.39, 0.29) is 23.3 Å². The number of ether oxygens (including phenoxy) is 3. The topological polar surface area (TPSA) is 77.2 Å². The van der Waals surface area contributed by atoms with Gasteiger partial charge in [-0.15, -0.1) is 0 Å². The molecule has 6 heteroatoms. The zero-order chi connectivity index (χ0) is 19.5. The van der Waals surface area contributed by atoms with Gasteiger partial charge in [-0.1, -0.05) is 31.6 Å². The maximum absolute atomic E-state index is 12.3. The lowest BCUT2D eigenvalue weighted by Crippen LogP contribution is -2.51. The first kappa shape index (κ1) is 20.6. The zero-order valence-corrected chi connectivity index (χ0v) is 16.4. The summed E-state index contributed by atoms with van der Waals surface area (Å²) in [5, 5.41) is 2.71. The van der Waals surface area contributed by atoms with Gasteiger partial charge in [0.2, 0.25) is 11.7 Å². The number of hydrogen-bond acceptors (Lipinski definition) is 5. The highest BCUT2D eigenvalue weighted by Gasteiger charge is 2.64. The number of allylic oxidation sites excluding steroid dienone is 3. The van der Waals surface area contributed by atoms with Crippen LogP contribution in [-0.2, 0) is 23.8 Å². The highest BCUT2D eigenvalue weighted by atomic mass is 16.7. The van der Waals surface area contributed by atoms with Crippen molar-refractivity contribution in [3.63, 3.8) is 0 Å². The van der Waals surface area contributed by atoms with Gasteiger partial charge < -0.3 is 19.5 Å². The average Bonchev–Trinajstić information content (AvgIpc) is 3.35. The third-order valence-electron chi connectivity index (χ3n) is 4.61. The Balaban J connectivity index is 2.00. The van der Waals surface area contributed by atoms with Gasteiger partial charge in [0.05, 0.1) is 5.70 Å². The molecule has 0 aromatic rings. The van der Waals surface area contributed by atoms with E-state index < -0.39 is 18.0 Å². The largest absolute Gasteiger partial charge is 0.355 e. The Labute approximate surface area is 155 Å². The van der Waals surface area contributed by atoms with Crippen LogP contribution in [0.15, 0.2) is 35.6 Å². The molecule has 1 amide bonds. The van der Waals surface area contributed by atoms with Crippen LogP contribution in [0, 0.1) is 11.8 Å². The summed E-state index contributed by atoms with van der Waals surface area (Å²) in [4.78, 5) is 24.2. The molecule has 0 bridgehead atoms. The van der Waals surface area contributed by atoms with E-state index in [1.165, 1.54) is 31.9 Å². The van der Waals surface area contributed by atoms with Crippen molar-refractivity contribution in [3.8, 4) is 0 Å². The summed E-state index contributed by atoms with van der Waals surface area (Å²) in [5.74, 6) is -1.09. The first-order valence-corrected chi connectivity index (χ1v) is 8.89. The van der Waals surface area contributed by atoms with Crippen LogP contribution < -0.4 is 5.32 Å². The van der Waals surface area contributed by atoms with E-state index in [2.05, 4.69) is 39.1 Å². The minimum absolute atomic E-state index is 0.192. The molecular formula is C20H29NO5. The van der Waals surface area contributed by atoms with Crippen molar-refractivity contribution >= 4 is 11.7 Å². The predicted molar refractivity (Wildman–Crippen MR) is 98.2 cm³/mol. The van der Waals surface area contributed by atoms with Crippen LogP contribution in [0.1, 0.15) is 34.1 Å². The summed E-state index contributed by atoms with van der Waals surface area (Å²) < 4.78 is 16.2. The summed E-state index contributed by atoms with van der Waals surface area (Å²) in [7, 11) is 2.92. The number of carbonyl (C=O) groups excluding carboxylic acids is 2. The lowest BCUT2D eigenvalue weighted by atomic mass is 9.95. The van der Waals surface area contributed by atoms with E-state index in [0.29, 0.717) is 5.92 Å². The standard InChI is InChI=1S/C20H29NO5/c1-12(2)9-14(4)10-13(3)7-8-17(23)21-16-11-15(22)18-19(26-18)20(16,24-5)25-6/h7-9,11,13-14,18-19H,10H2,1-6H3,(H,21,23)/b8-7+/t13-,14+,18-,19-/m0/s1. The maximum atomic E-state index is 12.3. The van der Waals surface area contributed by atoms with Gasteiger partial charge in [-0.2, -0.15) is 0 Å². The molecule has 26 heavy (non-hydrogen) atoms. The number of methoxy groups -OCH3 is 2. The second-order valence-electron chi connectivity index (χ2n) is 7.30. The molecule has 1 N–H and O–H groups in total. The zero-order valence-electron chi connectivity index (χ0n) is 16.4. The number of hydrogen-bond donors (Lipinski definition) is 1. The van der Waals surface area contributed by atoms with Gasteiger partial charge in [0.15, 0.2) is 18.0 Å². The van der Waals surface area contributed by atoms with E-state index >= 15 is 0 Å². The van der Waals surface area contributed by atoms with E-state index in [1.807, 2.05) is 6.08 Å². The Morgan fingerprint density at radius 1 is 1.31 bits per heavy atom. The normalized spacial score (nSPS) is 25.9. The quantitative estimate of drug-likeness (QED) is 0.310. The maximum Gasteiger partial charge on any atom is 0.247 e. The number of carbonyl (C=O) groups is 2. The molecule has 6 nitrogen and oxygen atoms in total. The molecule has 0 aromatic heterocycles. The Kier molecular flexibility index (Phi) is 6.55. The Hall–Kier alpha value is -1.76. The first-order chi connectivity index (χ1) is 12.2. The fourth-order valence-electron chi connectivity index (χ4n) is 3.48. The molecule has 4 atom stereocenters. The van der Waals surface area contributed by atoms with Crippen LogP contribution in [-0.4, -0.2) is 43.9 Å². The Morgan fingerprint density at radius 2 is 1.96 bits per heavy atom. The Morgan fingerprint density at radius 3 is 2.54 bits per heavy atom. The van der Waals surface area contributed by atoms with Crippen molar-refractivity contribution < 1.29 is 23.8 Å². The second kappa shape index (κ2) is 8.29. The van der Waals surface area contributed by atoms with Crippen molar-refractivity contribution in [3.05, 3.63) is 35.6 Å². The molecular weight excluding hydrogens is 334 g/mol. The molecule has 1 heterocycles. The minimum atomic E-state index is -1.26. The SMILES string of the molecule is COC1(OC)C(NC(=O)/C=C/[C@H](C)C[C@H](C)C=C(C)C)=CC(=O)[C@@H]2O[C@@H]21. The van der Waals surface area contributed by atoms with Crippen molar-refractivity contribution in [2.75, 3.05) is 14.2 Å². The van der Waals surface area contributed by atoms with E-state index in [0.717, 1.165) is 6.42 Å². The van der Waals surface area contributed by atoms with Crippen molar-refractivity contribution in [2.45, 2.75) is 52.1 Å². The van der Waals surface area contributed by atoms with E-state index in [4.69, 9.17) is 14.2 Å². The van der Waals surface area contributed by atoms with Crippen molar-refractivity contribution in [1.82, 2.24) is 5.32 Å². The third-order valence-corrected chi connectivity index (χ3v) is 4.61. The van der Waals surface area contributed by atoms with Crippen LogP contribution in [0.5, 0.6) is 0 Å². The van der Waals surface area contributed by atoms with Crippen LogP contribution in [0.4, 0.5) is 0 Å². The number of nitrogens with one attached hydrogen (secondary N) is 1. The van der Waals surface area contributed by atoms with E-state index in [1.54, 1.807) is 0 Å². The molecule has 2 aliphatic rings. The highest BCUT2D eigenvalue weighted by molar-refractivity contribution is 5.99. The summed E-state index contributed by atoms with van der Waals surface area (Å²) in [6.45, 7) is 8.39. The Bertz CT molecular complexity index is 641. The van der Waals surface area contributed by atoms with Crippen LogP contribution in [0.3, 0.4) is 0 Å². The summed E-state index contributed by atoms with van der Waals surface area (Å²) in [5.41, 5.74) is 1.56. The molecule has 0 radical (unpaired) electrons. The van der Waals surface area contributed by atoms with E-state index in [9.17, 15) is 9.59 Å². The lowest BCUT2D eigenvalue weighted by molar-refractivity contribution is -0.195. The number of fused-ring (bicyclic) bond motifs is 1. The van der Waals surface area contributed by atoms with Crippen molar-refractivity contribution in [2.24, 2.45) is 11.8 Å². The van der Waals surface area contributed by atoms with Gasteiger partial charge in [0, 0.05) is 20.3 Å². The van der Waals surface area contributed by atoms with Gasteiger partial charge >= 0.3 is 0 Å². The first-order valence-electron chi connectivity index (χ1n) is 8.89. The van der Waals surface area contributed by atoms with Crippen LogP contribution >= 0.6 is 0 Å². The number of ketones is 1. The third kappa shape index (κ3) is 4.50. The number of amides is 1.